The highest BCUT2D eigenvalue weighted by Crippen LogP contribution is 2.35. The molecule has 0 spiro atoms. The van der Waals surface area contributed by atoms with Gasteiger partial charge in [0.2, 0.25) is 0 Å². The van der Waals surface area contributed by atoms with E-state index < -0.39 is 5.97 Å². The molecule has 0 aliphatic heterocycles. The predicted molar refractivity (Wildman–Crippen MR) is 54.4 cm³/mol. The predicted octanol–water partition coefficient (Wildman–Crippen LogP) is 2.58. The summed E-state index contributed by atoms with van der Waals surface area (Å²) >= 11 is 0. The maximum atomic E-state index is 10.5. The zero-order valence-electron chi connectivity index (χ0n) is 8.07. The first-order valence-electron chi connectivity index (χ1n) is 5.07. The van der Waals surface area contributed by atoms with E-state index in [1.54, 1.807) is 0 Å². The highest BCUT2D eigenvalue weighted by molar-refractivity contribution is 5.66. The van der Waals surface area contributed by atoms with Crippen LogP contribution in [0.2, 0.25) is 0 Å². The highest BCUT2D eigenvalue weighted by atomic mass is 16.4. The molecule has 1 aromatic rings. The molecule has 0 amide bonds. The summed E-state index contributed by atoms with van der Waals surface area (Å²) in [6, 6.07) is 8.38. The Balaban J connectivity index is 2.07. The Labute approximate surface area is 83.6 Å². The summed E-state index contributed by atoms with van der Waals surface area (Å²) in [6.45, 7) is 0. The quantitative estimate of drug-likeness (QED) is 0.795. The minimum atomic E-state index is -0.686. The maximum Gasteiger partial charge on any atom is 0.303 e. The van der Waals surface area contributed by atoms with Gasteiger partial charge in [0, 0.05) is 6.42 Å². The molecule has 1 atom stereocenters. The molecular formula is C12H14O2. The van der Waals surface area contributed by atoms with Crippen LogP contribution in [0.25, 0.3) is 0 Å². The normalized spacial score (nSPS) is 19.3. The summed E-state index contributed by atoms with van der Waals surface area (Å²) in [5.41, 5.74) is 2.77. The van der Waals surface area contributed by atoms with E-state index in [1.807, 2.05) is 6.07 Å². The molecular weight excluding hydrogens is 176 g/mol. The van der Waals surface area contributed by atoms with E-state index in [4.69, 9.17) is 5.11 Å². The first kappa shape index (κ1) is 9.25. The van der Waals surface area contributed by atoms with E-state index in [2.05, 4.69) is 18.2 Å². The van der Waals surface area contributed by atoms with Crippen molar-refractivity contribution in [3.63, 3.8) is 0 Å². The Hall–Kier alpha value is -1.31. The number of carbonyl (C=O) groups is 1. The maximum absolute atomic E-state index is 10.5. The van der Waals surface area contributed by atoms with Gasteiger partial charge in [-0.15, -0.1) is 0 Å². The molecule has 0 saturated heterocycles. The Morgan fingerprint density at radius 2 is 2.21 bits per heavy atom. The highest BCUT2D eigenvalue weighted by Gasteiger charge is 2.21. The fourth-order valence-electron chi connectivity index (χ4n) is 2.24. The lowest BCUT2D eigenvalue weighted by Gasteiger charge is -2.08. The van der Waals surface area contributed by atoms with Gasteiger partial charge in [0.1, 0.15) is 0 Å². The van der Waals surface area contributed by atoms with E-state index in [0.29, 0.717) is 12.3 Å². The van der Waals surface area contributed by atoms with E-state index in [9.17, 15) is 4.79 Å². The van der Waals surface area contributed by atoms with Gasteiger partial charge in [-0.05, 0) is 36.3 Å². The monoisotopic (exact) mass is 190 g/mol. The van der Waals surface area contributed by atoms with Crippen LogP contribution in [0.3, 0.4) is 0 Å². The Morgan fingerprint density at radius 1 is 1.43 bits per heavy atom. The molecule has 1 aliphatic rings. The van der Waals surface area contributed by atoms with Crippen LogP contribution in [-0.2, 0) is 11.2 Å². The molecule has 0 bridgehead atoms. The lowest BCUT2D eigenvalue weighted by molar-refractivity contribution is -0.137. The zero-order valence-corrected chi connectivity index (χ0v) is 8.07. The molecule has 0 unspecified atom stereocenters. The van der Waals surface area contributed by atoms with E-state index in [-0.39, 0.29) is 0 Å². The number of aryl methyl sites for hydroxylation is 1. The molecule has 0 heterocycles. The fraction of sp³-hybridized carbons (Fsp3) is 0.417. The van der Waals surface area contributed by atoms with Gasteiger partial charge in [-0.1, -0.05) is 24.3 Å². The second-order valence-corrected chi connectivity index (χ2v) is 3.87. The summed E-state index contributed by atoms with van der Waals surface area (Å²) in [6.07, 6.45) is 3.30. The van der Waals surface area contributed by atoms with Crippen molar-refractivity contribution in [2.45, 2.75) is 31.6 Å². The topological polar surface area (TPSA) is 37.3 Å². The van der Waals surface area contributed by atoms with Crippen LogP contribution in [0.5, 0.6) is 0 Å². The molecule has 0 radical (unpaired) electrons. The van der Waals surface area contributed by atoms with Crippen LogP contribution in [0.1, 0.15) is 36.3 Å². The molecule has 2 heteroatoms. The van der Waals surface area contributed by atoms with E-state index >= 15 is 0 Å². The number of carboxylic acid groups (broad SMARTS) is 1. The third-order valence-corrected chi connectivity index (χ3v) is 2.96. The molecule has 1 N–H and O–H groups in total. The molecule has 1 aliphatic carbocycles. The van der Waals surface area contributed by atoms with Crippen LogP contribution in [-0.4, -0.2) is 11.1 Å². The van der Waals surface area contributed by atoms with Crippen molar-refractivity contribution in [3.8, 4) is 0 Å². The Kier molecular flexibility index (Phi) is 2.53. The van der Waals surface area contributed by atoms with Crippen LogP contribution in [0.15, 0.2) is 24.3 Å². The Bertz CT molecular complexity index is 344. The SMILES string of the molecule is O=C(O)CC[C@@H]1CCc2ccccc21. The van der Waals surface area contributed by atoms with E-state index in [0.717, 1.165) is 19.3 Å². The lowest BCUT2D eigenvalue weighted by atomic mass is 9.96. The smallest absolute Gasteiger partial charge is 0.303 e. The number of benzene rings is 1. The first-order valence-corrected chi connectivity index (χ1v) is 5.07. The largest absolute Gasteiger partial charge is 0.481 e. The van der Waals surface area contributed by atoms with Crippen molar-refractivity contribution in [3.05, 3.63) is 35.4 Å². The van der Waals surface area contributed by atoms with Gasteiger partial charge >= 0.3 is 5.97 Å². The standard InChI is InChI=1S/C12H14O2/c13-12(14)8-7-10-6-5-9-3-1-2-4-11(9)10/h1-4,10H,5-8H2,(H,13,14)/t10-/m0/s1. The zero-order chi connectivity index (χ0) is 9.97. The van der Waals surface area contributed by atoms with Crippen LogP contribution in [0, 0.1) is 0 Å². The summed E-state index contributed by atoms with van der Waals surface area (Å²) in [7, 11) is 0. The van der Waals surface area contributed by atoms with Crippen molar-refractivity contribution in [1.29, 1.82) is 0 Å². The Morgan fingerprint density at radius 3 is 3.00 bits per heavy atom. The average Bonchev–Trinajstić information content (AvgIpc) is 2.58. The molecule has 0 fully saturated rings. The summed E-state index contributed by atoms with van der Waals surface area (Å²) in [4.78, 5) is 10.5. The van der Waals surface area contributed by atoms with Gasteiger partial charge < -0.3 is 5.11 Å². The van der Waals surface area contributed by atoms with Crippen LogP contribution < -0.4 is 0 Å². The van der Waals surface area contributed by atoms with Crippen LogP contribution >= 0.6 is 0 Å². The van der Waals surface area contributed by atoms with Crippen molar-refractivity contribution in [2.24, 2.45) is 0 Å². The number of carboxylic acids is 1. The third kappa shape index (κ3) is 1.79. The van der Waals surface area contributed by atoms with Crippen LogP contribution in [0.4, 0.5) is 0 Å². The average molecular weight is 190 g/mol. The van der Waals surface area contributed by atoms with Crippen molar-refractivity contribution >= 4 is 5.97 Å². The third-order valence-electron chi connectivity index (χ3n) is 2.96. The molecule has 1 aromatic carbocycles. The summed E-state index contributed by atoms with van der Waals surface area (Å²) < 4.78 is 0. The number of fused-ring (bicyclic) bond motifs is 1. The van der Waals surface area contributed by atoms with Gasteiger partial charge in [0.25, 0.3) is 0 Å². The fourth-order valence-corrected chi connectivity index (χ4v) is 2.24. The number of rotatable bonds is 3. The number of hydrogen-bond acceptors (Lipinski definition) is 1. The minimum absolute atomic E-state index is 0.291. The minimum Gasteiger partial charge on any atom is -0.481 e. The molecule has 0 aromatic heterocycles. The molecule has 14 heavy (non-hydrogen) atoms. The van der Waals surface area contributed by atoms with Gasteiger partial charge in [0.05, 0.1) is 0 Å². The number of hydrogen-bond donors (Lipinski definition) is 1. The van der Waals surface area contributed by atoms with Gasteiger partial charge in [-0.2, -0.15) is 0 Å². The van der Waals surface area contributed by atoms with Gasteiger partial charge in [-0.3, -0.25) is 4.79 Å². The van der Waals surface area contributed by atoms with Gasteiger partial charge in [-0.25, -0.2) is 0 Å². The summed E-state index contributed by atoms with van der Waals surface area (Å²) in [5, 5.41) is 8.62. The van der Waals surface area contributed by atoms with E-state index in [1.165, 1.54) is 11.1 Å². The van der Waals surface area contributed by atoms with Crippen molar-refractivity contribution in [2.75, 3.05) is 0 Å². The van der Waals surface area contributed by atoms with Gasteiger partial charge in [0.15, 0.2) is 0 Å². The number of aliphatic carboxylic acids is 1. The molecule has 2 nitrogen and oxygen atoms in total. The second kappa shape index (κ2) is 3.82. The second-order valence-electron chi connectivity index (χ2n) is 3.87. The first-order chi connectivity index (χ1) is 6.77. The van der Waals surface area contributed by atoms with Crippen molar-refractivity contribution in [1.82, 2.24) is 0 Å². The molecule has 74 valence electrons. The molecule has 0 saturated carbocycles. The lowest BCUT2D eigenvalue weighted by Crippen LogP contribution is -2.00. The summed E-state index contributed by atoms with van der Waals surface area (Å²) in [5.74, 6) is -0.211. The molecule has 2 rings (SSSR count). The van der Waals surface area contributed by atoms with Crippen molar-refractivity contribution < 1.29 is 9.90 Å².